The Balaban J connectivity index is 1.91. The second-order valence-corrected chi connectivity index (χ2v) is 7.07. The third-order valence-electron chi connectivity index (χ3n) is 3.77. The molecule has 0 saturated carbocycles. The van der Waals surface area contributed by atoms with Crippen LogP contribution in [0.25, 0.3) is 0 Å². The lowest BCUT2D eigenvalue weighted by Crippen LogP contribution is -2.36. The molecule has 3 rings (SSSR count). The van der Waals surface area contributed by atoms with Gasteiger partial charge in [-0.25, -0.2) is 13.4 Å². The molecule has 0 amide bonds. The molecule has 0 saturated heterocycles. The number of imidazole rings is 1. The van der Waals surface area contributed by atoms with E-state index >= 15 is 0 Å². The van der Waals surface area contributed by atoms with Crippen LogP contribution in [0.3, 0.4) is 0 Å². The van der Waals surface area contributed by atoms with Crippen molar-refractivity contribution in [3.63, 3.8) is 0 Å². The summed E-state index contributed by atoms with van der Waals surface area (Å²) < 4.78 is 26.7. The largest absolute Gasteiger partial charge is 0.399 e. The minimum atomic E-state index is -3.53. The highest BCUT2D eigenvalue weighted by atomic mass is 32.2. The highest BCUT2D eigenvalue weighted by Gasteiger charge is 2.29. The molecule has 0 aliphatic carbocycles. The third-order valence-corrected chi connectivity index (χ3v) is 5.52. The number of H-pyrrole nitrogens is 1. The topological polar surface area (TPSA) is 92.1 Å². The van der Waals surface area contributed by atoms with E-state index in [2.05, 4.69) is 9.97 Å². The molecule has 21 heavy (non-hydrogen) atoms. The first-order valence-electron chi connectivity index (χ1n) is 6.92. The highest BCUT2D eigenvalue weighted by molar-refractivity contribution is 7.89. The van der Waals surface area contributed by atoms with E-state index in [0.717, 1.165) is 11.1 Å². The summed E-state index contributed by atoms with van der Waals surface area (Å²) in [5.41, 5.74) is 8.57. The molecule has 1 aliphatic heterocycles. The van der Waals surface area contributed by atoms with Crippen LogP contribution in [-0.2, 0) is 29.4 Å². The van der Waals surface area contributed by atoms with Crippen molar-refractivity contribution in [2.24, 2.45) is 0 Å². The maximum Gasteiger partial charge on any atom is 0.260 e. The van der Waals surface area contributed by atoms with E-state index in [-0.39, 0.29) is 5.03 Å². The minimum Gasteiger partial charge on any atom is -0.399 e. The molecule has 0 fully saturated rings. The number of nitrogens with zero attached hydrogens (tertiary/aromatic N) is 2. The molecular formula is C14H18N4O2S. The van der Waals surface area contributed by atoms with Gasteiger partial charge in [-0.3, -0.25) is 0 Å². The van der Waals surface area contributed by atoms with Gasteiger partial charge in [0.05, 0.1) is 6.20 Å². The number of nitrogen functional groups attached to an aromatic ring is 1. The monoisotopic (exact) mass is 306 g/mol. The van der Waals surface area contributed by atoms with Crippen LogP contribution in [0.2, 0.25) is 0 Å². The van der Waals surface area contributed by atoms with Gasteiger partial charge in [0.25, 0.3) is 10.0 Å². The molecule has 2 aromatic rings. The van der Waals surface area contributed by atoms with E-state index in [1.165, 1.54) is 10.5 Å². The van der Waals surface area contributed by atoms with Crippen LogP contribution in [0, 0.1) is 0 Å². The Kier molecular flexibility index (Phi) is 3.46. The predicted molar refractivity (Wildman–Crippen MR) is 80.1 cm³/mol. The Hall–Kier alpha value is -1.86. The Morgan fingerprint density at radius 3 is 2.90 bits per heavy atom. The Labute approximate surface area is 124 Å². The first-order valence-corrected chi connectivity index (χ1v) is 8.36. The summed E-state index contributed by atoms with van der Waals surface area (Å²) in [6.45, 7) is 2.75. The van der Waals surface area contributed by atoms with Crippen LogP contribution in [0.15, 0.2) is 29.4 Å². The minimum absolute atomic E-state index is 0.159. The number of hydrogen-bond acceptors (Lipinski definition) is 4. The van der Waals surface area contributed by atoms with Gasteiger partial charge < -0.3 is 10.7 Å². The number of aryl methyl sites for hydroxylation is 1. The third kappa shape index (κ3) is 2.54. The average Bonchev–Trinajstić information content (AvgIpc) is 2.96. The first-order chi connectivity index (χ1) is 10.0. The molecule has 1 aromatic heterocycles. The normalized spacial score (nSPS) is 15.9. The predicted octanol–water partition coefficient (Wildman–Crippen LogP) is 1.30. The van der Waals surface area contributed by atoms with Crippen LogP contribution < -0.4 is 5.73 Å². The van der Waals surface area contributed by atoms with Gasteiger partial charge in [0, 0.05) is 25.2 Å². The number of hydrogen-bond donors (Lipinski definition) is 2. The number of nitrogens with two attached hydrogens (primary N) is 1. The van der Waals surface area contributed by atoms with Gasteiger partial charge in [0.2, 0.25) is 0 Å². The van der Waals surface area contributed by atoms with E-state index in [1.807, 2.05) is 25.1 Å². The summed E-state index contributed by atoms with van der Waals surface area (Å²) >= 11 is 0. The van der Waals surface area contributed by atoms with Crippen LogP contribution in [0.4, 0.5) is 5.69 Å². The van der Waals surface area contributed by atoms with Gasteiger partial charge in [-0.1, -0.05) is 13.0 Å². The van der Waals surface area contributed by atoms with Crippen LogP contribution in [0.5, 0.6) is 0 Å². The SMILES string of the molecule is CCc1ncc(S(=O)(=O)N2CCc3ccc(N)cc3C2)[nH]1. The first kappa shape index (κ1) is 14.1. The summed E-state index contributed by atoms with van der Waals surface area (Å²) in [4.78, 5) is 6.94. The molecule has 1 aromatic carbocycles. The van der Waals surface area contributed by atoms with Crippen LogP contribution in [0.1, 0.15) is 23.9 Å². The van der Waals surface area contributed by atoms with Crippen LogP contribution >= 0.6 is 0 Å². The molecule has 112 valence electrons. The average molecular weight is 306 g/mol. The number of aromatic nitrogens is 2. The molecule has 6 nitrogen and oxygen atoms in total. The van der Waals surface area contributed by atoms with Crippen molar-refractivity contribution >= 4 is 15.7 Å². The molecule has 1 aliphatic rings. The second-order valence-electron chi connectivity index (χ2n) is 5.16. The number of rotatable bonds is 3. The molecule has 3 N–H and O–H groups in total. The lowest BCUT2D eigenvalue weighted by atomic mass is 10.0. The van der Waals surface area contributed by atoms with Crippen molar-refractivity contribution in [2.75, 3.05) is 12.3 Å². The van der Waals surface area contributed by atoms with E-state index in [9.17, 15) is 8.42 Å². The van der Waals surface area contributed by atoms with Crippen molar-refractivity contribution in [1.82, 2.24) is 14.3 Å². The van der Waals surface area contributed by atoms with Crippen molar-refractivity contribution in [1.29, 1.82) is 0 Å². The van der Waals surface area contributed by atoms with Gasteiger partial charge in [-0.15, -0.1) is 0 Å². The zero-order chi connectivity index (χ0) is 15.0. The Bertz CT molecular complexity index is 767. The van der Waals surface area contributed by atoms with Gasteiger partial charge in [0.1, 0.15) is 5.82 Å². The van der Waals surface area contributed by atoms with Gasteiger partial charge in [-0.2, -0.15) is 4.31 Å². The lowest BCUT2D eigenvalue weighted by molar-refractivity contribution is 0.390. The summed E-state index contributed by atoms with van der Waals surface area (Å²) in [7, 11) is -3.53. The van der Waals surface area contributed by atoms with Gasteiger partial charge in [-0.05, 0) is 29.7 Å². The van der Waals surface area contributed by atoms with E-state index in [1.54, 1.807) is 0 Å². The second kappa shape index (κ2) is 5.16. The zero-order valence-corrected chi connectivity index (χ0v) is 12.7. The van der Waals surface area contributed by atoms with E-state index < -0.39 is 10.0 Å². The molecule has 2 heterocycles. The van der Waals surface area contributed by atoms with E-state index in [4.69, 9.17) is 5.73 Å². The summed E-state index contributed by atoms with van der Waals surface area (Å²) in [6, 6.07) is 5.67. The van der Waals surface area contributed by atoms with Gasteiger partial charge in [0.15, 0.2) is 5.03 Å². The molecule has 0 bridgehead atoms. The quantitative estimate of drug-likeness (QED) is 0.836. The van der Waals surface area contributed by atoms with Crippen molar-refractivity contribution < 1.29 is 8.42 Å². The number of aromatic amines is 1. The fourth-order valence-corrected chi connectivity index (χ4v) is 3.90. The van der Waals surface area contributed by atoms with Gasteiger partial charge >= 0.3 is 0 Å². The van der Waals surface area contributed by atoms with E-state index in [0.29, 0.717) is 37.4 Å². The number of anilines is 1. The molecule has 0 atom stereocenters. The summed E-state index contributed by atoms with van der Waals surface area (Å²) in [5, 5.41) is 0.159. The van der Waals surface area contributed by atoms with Crippen molar-refractivity contribution in [3.8, 4) is 0 Å². The standard InChI is InChI=1S/C14H18N4O2S/c1-2-13-16-8-14(17-13)21(19,20)18-6-5-10-3-4-12(15)7-11(10)9-18/h3-4,7-8H,2,5-6,9,15H2,1H3,(H,16,17). The number of benzene rings is 1. The molecule has 0 unspecified atom stereocenters. The Morgan fingerprint density at radius 1 is 1.38 bits per heavy atom. The maximum atomic E-state index is 12.6. The number of nitrogens with one attached hydrogen (secondary N) is 1. The lowest BCUT2D eigenvalue weighted by Gasteiger charge is -2.27. The molecule has 0 spiro atoms. The van der Waals surface area contributed by atoms with Crippen LogP contribution in [-0.4, -0.2) is 29.2 Å². The smallest absolute Gasteiger partial charge is 0.260 e. The van der Waals surface area contributed by atoms with Crippen molar-refractivity contribution in [3.05, 3.63) is 41.3 Å². The molecular weight excluding hydrogens is 288 g/mol. The fraction of sp³-hybridized carbons (Fsp3) is 0.357. The molecule has 0 radical (unpaired) electrons. The number of fused-ring (bicyclic) bond motifs is 1. The Morgan fingerprint density at radius 2 is 2.19 bits per heavy atom. The fourth-order valence-electron chi connectivity index (χ4n) is 2.55. The van der Waals surface area contributed by atoms with Crippen molar-refractivity contribution in [2.45, 2.75) is 31.3 Å². The molecule has 7 heteroatoms. The maximum absolute atomic E-state index is 12.6. The highest BCUT2D eigenvalue weighted by Crippen LogP contribution is 2.25. The number of sulfonamides is 1. The summed E-state index contributed by atoms with van der Waals surface area (Å²) in [5.74, 6) is 0.676. The summed E-state index contributed by atoms with van der Waals surface area (Å²) in [6.07, 6.45) is 2.77. The zero-order valence-electron chi connectivity index (χ0n) is 11.8.